The van der Waals surface area contributed by atoms with Crippen LogP contribution in [-0.2, 0) is 0 Å². The van der Waals surface area contributed by atoms with E-state index >= 15 is 0 Å². The molecule has 0 bridgehead atoms. The van der Waals surface area contributed by atoms with Gasteiger partial charge in [0.25, 0.3) is 0 Å². The highest BCUT2D eigenvalue weighted by Crippen LogP contribution is 2.32. The van der Waals surface area contributed by atoms with Crippen LogP contribution in [0.3, 0.4) is 0 Å². The molecular weight excluding hydrogens is 232 g/mol. The van der Waals surface area contributed by atoms with Crippen molar-refractivity contribution in [2.45, 2.75) is 0 Å². The highest BCUT2D eigenvalue weighted by atomic mass is 14.7. The van der Waals surface area contributed by atoms with Crippen LogP contribution in [0.5, 0.6) is 0 Å². The van der Waals surface area contributed by atoms with E-state index in [9.17, 15) is 0 Å². The van der Waals surface area contributed by atoms with Gasteiger partial charge in [-0.25, -0.2) is 0 Å². The van der Waals surface area contributed by atoms with Crippen molar-refractivity contribution in [1.82, 2.24) is 9.97 Å². The maximum absolute atomic E-state index is 4.36. The number of nitrogens with one attached hydrogen (secondary N) is 1. The van der Waals surface area contributed by atoms with Crippen LogP contribution >= 0.6 is 0 Å². The fourth-order valence-corrected chi connectivity index (χ4v) is 2.63. The first kappa shape index (κ1) is 10.3. The van der Waals surface area contributed by atoms with E-state index in [1.165, 1.54) is 27.3 Å². The summed E-state index contributed by atoms with van der Waals surface area (Å²) in [5, 5.41) is 3.65. The number of hydrogen-bond donors (Lipinski definition) is 1. The normalized spacial score (nSPS) is 11.2. The minimum Gasteiger partial charge on any atom is -0.361 e. The number of aromatic nitrogens is 2. The smallest absolute Gasteiger partial charge is 0.0460 e. The minimum absolute atomic E-state index is 1.16. The van der Waals surface area contributed by atoms with E-state index in [1.54, 1.807) is 0 Å². The summed E-state index contributed by atoms with van der Waals surface area (Å²) in [6.45, 7) is 0. The summed E-state index contributed by atoms with van der Waals surface area (Å²) in [4.78, 5) is 7.69. The predicted molar refractivity (Wildman–Crippen MR) is 79.0 cm³/mol. The Labute approximate surface area is 110 Å². The minimum atomic E-state index is 1.16. The van der Waals surface area contributed by atoms with Gasteiger partial charge in [-0.1, -0.05) is 42.5 Å². The summed E-state index contributed by atoms with van der Waals surface area (Å²) < 4.78 is 0. The Morgan fingerprint density at radius 1 is 0.737 bits per heavy atom. The lowest BCUT2D eigenvalue weighted by Crippen LogP contribution is -1.82. The maximum atomic E-state index is 4.36. The van der Waals surface area contributed by atoms with Crippen LogP contribution in [0.25, 0.3) is 32.8 Å². The molecule has 0 unspecified atom stereocenters. The number of fused-ring (bicyclic) bond motifs is 2. The van der Waals surface area contributed by atoms with Crippen LogP contribution in [0, 0.1) is 0 Å². The first-order valence-corrected chi connectivity index (χ1v) is 6.33. The third-order valence-electron chi connectivity index (χ3n) is 3.55. The van der Waals surface area contributed by atoms with Gasteiger partial charge in [-0.15, -0.1) is 0 Å². The Balaban J connectivity index is 2.10. The van der Waals surface area contributed by atoms with Gasteiger partial charge in [0.15, 0.2) is 0 Å². The Hall–Kier alpha value is -2.61. The third-order valence-corrected chi connectivity index (χ3v) is 3.55. The first-order chi connectivity index (χ1) is 9.43. The van der Waals surface area contributed by atoms with Crippen molar-refractivity contribution in [1.29, 1.82) is 0 Å². The number of aromatic amines is 1. The van der Waals surface area contributed by atoms with Crippen LogP contribution in [0.1, 0.15) is 0 Å². The van der Waals surface area contributed by atoms with Crippen molar-refractivity contribution < 1.29 is 0 Å². The molecule has 4 rings (SSSR count). The molecule has 0 amide bonds. The Kier molecular flexibility index (Phi) is 2.15. The van der Waals surface area contributed by atoms with Crippen molar-refractivity contribution >= 4 is 21.7 Å². The lowest BCUT2D eigenvalue weighted by atomic mass is 10.0. The molecule has 90 valence electrons. The Bertz CT molecular complexity index is 869. The Morgan fingerprint density at radius 3 is 2.47 bits per heavy atom. The van der Waals surface area contributed by atoms with Gasteiger partial charge in [0, 0.05) is 46.0 Å². The molecule has 0 saturated heterocycles. The second-order valence-corrected chi connectivity index (χ2v) is 4.66. The number of rotatable bonds is 1. The fourth-order valence-electron chi connectivity index (χ4n) is 2.63. The van der Waals surface area contributed by atoms with Gasteiger partial charge < -0.3 is 4.98 Å². The van der Waals surface area contributed by atoms with Crippen molar-refractivity contribution in [3.05, 3.63) is 67.1 Å². The summed E-state index contributed by atoms with van der Waals surface area (Å²) >= 11 is 0. The first-order valence-electron chi connectivity index (χ1n) is 6.33. The number of H-pyrrole nitrogens is 1. The number of pyridine rings is 1. The SMILES string of the molecule is c1ccc2c(-c3c[nH]c4ccccc34)cncc2c1. The average molecular weight is 244 g/mol. The standard InChI is InChI=1S/C17H12N2/c1-2-6-13-12(5-1)9-18-10-15(13)16-11-19-17-8-4-3-7-14(16)17/h1-11,19H. The topological polar surface area (TPSA) is 28.7 Å². The molecule has 1 N–H and O–H groups in total. The molecular formula is C17H12N2. The largest absolute Gasteiger partial charge is 0.361 e. The second kappa shape index (κ2) is 3.95. The molecule has 0 atom stereocenters. The molecule has 0 fully saturated rings. The van der Waals surface area contributed by atoms with Gasteiger partial charge in [-0.3, -0.25) is 4.98 Å². The maximum Gasteiger partial charge on any atom is 0.0460 e. The quantitative estimate of drug-likeness (QED) is 0.528. The zero-order chi connectivity index (χ0) is 12.7. The summed E-state index contributed by atoms with van der Waals surface area (Å²) in [5.41, 5.74) is 3.54. The van der Waals surface area contributed by atoms with Gasteiger partial charge in [0.05, 0.1) is 0 Å². The average Bonchev–Trinajstić information content (AvgIpc) is 2.90. The lowest BCUT2D eigenvalue weighted by Gasteiger charge is -2.04. The van der Waals surface area contributed by atoms with Crippen LogP contribution in [0.4, 0.5) is 0 Å². The molecule has 0 aliphatic heterocycles. The zero-order valence-corrected chi connectivity index (χ0v) is 10.3. The van der Waals surface area contributed by atoms with E-state index in [2.05, 4.69) is 52.6 Å². The van der Waals surface area contributed by atoms with Gasteiger partial charge >= 0.3 is 0 Å². The second-order valence-electron chi connectivity index (χ2n) is 4.66. The van der Waals surface area contributed by atoms with Crippen LogP contribution in [0.2, 0.25) is 0 Å². The molecule has 0 aliphatic rings. The zero-order valence-electron chi connectivity index (χ0n) is 10.3. The summed E-state index contributed by atoms with van der Waals surface area (Å²) in [7, 11) is 0. The fraction of sp³-hybridized carbons (Fsp3) is 0. The van der Waals surface area contributed by atoms with E-state index in [1.807, 2.05) is 24.5 Å². The molecule has 0 aliphatic carbocycles. The monoisotopic (exact) mass is 244 g/mol. The molecule has 0 saturated carbocycles. The molecule has 2 nitrogen and oxygen atoms in total. The van der Waals surface area contributed by atoms with Crippen molar-refractivity contribution in [3.8, 4) is 11.1 Å². The van der Waals surface area contributed by atoms with Crippen LogP contribution < -0.4 is 0 Å². The number of hydrogen-bond acceptors (Lipinski definition) is 1. The van der Waals surface area contributed by atoms with Crippen LogP contribution in [0.15, 0.2) is 67.1 Å². The lowest BCUT2D eigenvalue weighted by molar-refractivity contribution is 1.36. The highest BCUT2D eigenvalue weighted by Gasteiger charge is 2.08. The molecule has 0 radical (unpaired) electrons. The van der Waals surface area contributed by atoms with Gasteiger partial charge in [-0.2, -0.15) is 0 Å². The van der Waals surface area contributed by atoms with E-state index < -0.39 is 0 Å². The van der Waals surface area contributed by atoms with Gasteiger partial charge in [0.1, 0.15) is 0 Å². The number of benzene rings is 2. The van der Waals surface area contributed by atoms with E-state index in [-0.39, 0.29) is 0 Å². The molecule has 19 heavy (non-hydrogen) atoms. The predicted octanol–water partition coefficient (Wildman–Crippen LogP) is 4.38. The molecule has 2 heteroatoms. The van der Waals surface area contributed by atoms with Crippen molar-refractivity contribution in [3.63, 3.8) is 0 Å². The molecule has 0 spiro atoms. The molecule has 4 aromatic rings. The summed E-state index contributed by atoms with van der Waals surface area (Å²) in [5.74, 6) is 0. The van der Waals surface area contributed by atoms with Crippen LogP contribution in [-0.4, -0.2) is 9.97 Å². The number of para-hydroxylation sites is 1. The van der Waals surface area contributed by atoms with E-state index in [4.69, 9.17) is 0 Å². The van der Waals surface area contributed by atoms with Gasteiger partial charge in [0.2, 0.25) is 0 Å². The van der Waals surface area contributed by atoms with Crippen molar-refractivity contribution in [2.24, 2.45) is 0 Å². The molecule has 2 aromatic carbocycles. The third kappa shape index (κ3) is 1.54. The Morgan fingerprint density at radius 2 is 1.53 bits per heavy atom. The molecule has 2 aromatic heterocycles. The summed E-state index contributed by atoms with van der Waals surface area (Å²) in [6, 6.07) is 16.7. The molecule has 2 heterocycles. The number of nitrogens with zero attached hydrogens (tertiary/aromatic N) is 1. The van der Waals surface area contributed by atoms with E-state index in [0.29, 0.717) is 0 Å². The van der Waals surface area contributed by atoms with Gasteiger partial charge in [-0.05, 0) is 11.5 Å². The van der Waals surface area contributed by atoms with E-state index in [0.717, 1.165) is 5.52 Å². The summed E-state index contributed by atoms with van der Waals surface area (Å²) in [6.07, 6.45) is 5.92. The highest BCUT2D eigenvalue weighted by molar-refractivity contribution is 6.04. The van der Waals surface area contributed by atoms with Crippen molar-refractivity contribution in [2.75, 3.05) is 0 Å².